The number of alkyl halides is 1. The Morgan fingerprint density at radius 3 is 2.76 bits per heavy atom. The molecule has 0 radical (unpaired) electrons. The first kappa shape index (κ1) is 15.8. The number of hydrogen-bond acceptors (Lipinski definition) is 3. The van der Waals surface area contributed by atoms with Gasteiger partial charge in [-0.1, -0.05) is 6.42 Å². The zero-order valence-electron chi connectivity index (χ0n) is 11.9. The maximum Gasteiger partial charge on any atom is 0.269 e. The number of aryl methyl sites for hydroxylation is 1. The molecule has 0 saturated carbocycles. The molecule has 21 heavy (non-hydrogen) atoms. The van der Waals surface area contributed by atoms with Gasteiger partial charge in [0.25, 0.3) is 5.69 Å². The van der Waals surface area contributed by atoms with Gasteiger partial charge in [-0.15, -0.1) is 11.6 Å². The van der Waals surface area contributed by atoms with E-state index in [1.165, 1.54) is 6.07 Å². The van der Waals surface area contributed by atoms with Crippen LogP contribution in [0.1, 0.15) is 37.7 Å². The third-order valence-corrected chi connectivity index (χ3v) is 3.99. The fraction of sp³-hybridized carbons (Fsp3) is 0.533. The molecular formula is C15H19ClN2O3. The second-order valence-electron chi connectivity index (χ2n) is 5.22. The quantitative estimate of drug-likeness (QED) is 0.348. The van der Waals surface area contributed by atoms with Crippen LogP contribution in [-0.2, 0) is 11.2 Å². The smallest absolute Gasteiger partial charge is 0.269 e. The Morgan fingerprint density at radius 1 is 1.24 bits per heavy atom. The van der Waals surface area contributed by atoms with Crippen LogP contribution >= 0.6 is 11.6 Å². The molecule has 1 aromatic carbocycles. The van der Waals surface area contributed by atoms with Crippen LogP contribution in [0.15, 0.2) is 18.2 Å². The van der Waals surface area contributed by atoms with Crippen LogP contribution in [0.5, 0.6) is 0 Å². The summed E-state index contributed by atoms with van der Waals surface area (Å²) in [5, 5.41) is 10.9. The molecule has 0 atom stereocenters. The minimum atomic E-state index is -0.391. The number of carbonyl (C=O) groups is 1. The Morgan fingerprint density at radius 2 is 2.05 bits per heavy atom. The van der Waals surface area contributed by atoms with Crippen molar-refractivity contribution in [3.8, 4) is 0 Å². The first-order chi connectivity index (χ1) is 10.1. The van der Waals surface area contributed by atoms with Crippen molar-refractivity contribution in [1.82, 2.24) is 0 Å². The molecule has 1 aromatic rings. The second kappa shape index (κ2) is 7.41. The summed E-state index contributed by atoms with van der Waals surface area (Å²) >= 11 is 5.66. The number of nitro groups is 1. The molecule has 5 nitrogen and oxygen atoms in total. The average Bonchev–Trinajstić information content (AvgIpc) is 2.62. The fourth-order valence-electron chi connectivity index (χ4n) is 2.63. The molecule has 1 heterocycles. The topological polar surface area (TPSA) is 63.4 Å². The van der Waals surface area contributed by atoms with Crippen LogP contribution in [0.25, 0.3) is 0 Å². The summed E-state index contributed by atoms with van der Waals surface area (Å²) in [6.07, 6.45) is 4.77. The van der Waals surface area contributed by atoms with Gasteiger partial charge in [0, 0.05) is 36.7 Å². The summed E-state index contributed by atoms with van der Waals surface area (Å²) in [6, 6.07) is 4.78. The van der Waals surface area contributed by atoms with Crippen LogP contribution in [0, 0.1) is 10.1 Å². The van der Waals surface area contributed by atoms with Gasteiger partial charge in [-0.3, -0.25) is 14.9 Å². The van der Waals surface area contributed by atoms with Crippen LogP contribution in [0.3, 0.4) is 0 Å². The summed E-state index contributed by atoms with van der Waals surface area (Å²) in [7, 11) is 0. The zero-order chi connectivity index (χ0) is 15.2. The third kappa shape index (κ3) is 3.94. The second-order valence-corrected chi connectivity index (χ2v) is 5.60. The highest BCUT2D eigenvalue weighted by atomic mass is 35.5. The van der Waals surface area contributed by atoms with E-state index in [1.807, 2.05) is 0 Å². The van der Waals surface area contributed by atoms with Gasteiger partial charge in [-0.25, -0.2) is 0 Å². The summed E-state index contributed by atoms with van der Waals surface area (Å²) in [4.78, 5) is 24.5. The molecule has 0 spiro atoms. The Labute approximate surface area is 129 Å². The van der Waals surface area contributed by atoms with E-state index in [9.17, 15) is 14.9 Å². The average molecular weight is 311 g/mol. The number of nitro benzene ring substituents is 1. The van der Waals surface area contributed by atoms with E-state index in [0.717, 1.165) is 36.9 Å². The van der Waals surface area contributed by atoms with Gasteiger partial charge in [0.05, 0.1) is 4.92 Å². The van der Waals surface area contributed by atoms with Gasteiger partial charge in [-0.2, -0.15) is 0 Å². The molecule has 0 unspecified atom stereocenters. The molecule has 2 rings (SSSR count). The molecule has 114 valence electrons. The maximum atomic E-state index is 12.2. The molecule has 0 bridgehead atoms. The van der Waals surface area contributed by atoms with Gasteiger partial charge < -0.3 is 4.90 Å². The maximum absolute atomic E-state index is 12.2. The predicted molar refractivity (Wildman–Crippen MR) is 83.0 cm³/mol. The Hall–Kier alpha value is -1.62. The van der Waals surface area contributed by atoms with Crippen LogP contribution in [-0.4, -0.2) is 23.3 Å². The van der Waals surface area contributed by atoms with Crippen molar-refractivity contribution >= 4 is 28.9 Å². The number of hydrogen-bond donors (Lipinski definition) is 0. The van der Waals surface area contributed by atoms with Crippen LogP contribution < -0.4 is 4.90 Å². The fourth-order valence-corrected chi connectivity index (χ4v) is 2.82. The highest BCUT2D eigenvalue weighted by Gasteiger charge is 2.23. The largest absolute Gasteiger partial charge is 0.312 e. The molecule has 0 N–H and O–H groups in total. The van der Waals surface area contributed by atoms with Crippen LogP contribution in [0.4, 0.5) is 11.4 Å². The molecule has 1 aliphatic heterocycles. The van der Waals surface area contributed by atoms with Crippen LogP contribution in [0.2, 0.25) is 0 Å². The molecule has 0 saturated heterocycles. The van der Waals surface area contributed by atoms with E-state index >= 15 is 0 Å². The summed E-state index contributed by atoms with van der Waals surface area (Å²) in [5.41, 5.74) is 1.81. The van der Waals surface area contributed by atoms with E-state index in [0.29, 0.717) is 25.3 Å². The van der Waals surface area contributed by atoms with Crippen molar-refractivity contribution in [3.63, 3.8) is 0 Å². The standard InChI is InChI=1S/C15H19ClN2O3/c16-9-2-1-3-10-17-14-8-7-13(18(20)21)11-12(14)5-4-6-15(17)19/h7-8,11H,1-6,9-10H2. The highest BCUT2D eigenvalue weighted by molar-refractivity contribution is 6.17. The van der Waals surface area contributed by atoms with Gasteiger partial charge in [0.2, 0.25) is 5.91 Å². The van der Waals surface area contributed by atoms with E-state index in [-0.39, 0.29) is 11.6 Å². The van der Waals surface area contributed by atoms with E-state index in [1.54, 1.807) is 17.0 Å². The third-order valence-electron chi connectivity index (χ3n) is 3.72. The zero-order valence-corrected chi connectivity index (χ0v) is 12.6. The van der Waals surface area contributed by atoms with E-state index < -0.39 is 4.92 Å². The van der Waals surface area contributed by atoms with Gasteiger partial charge >= 0.3 is 0 Å². The van der Waals surface area contributed by atoms with Crippen molar-refractivity contribution in [2.75, 3.05) is 17.3 Å². The van der Waals surface area contributed by atoms with Gasteiger partial charge in [0.1, 0.15) is 0 Å². The van der Waals surface area contributed by atoms with Crippen molar-refractivity contribution in [3.05, 3.63) is 33.9 Å². The minimum Gasteiger partial charge on any atom is -0.312 e. The molecule has 0 fully saturated rings. The lowest BCUT2D eigenvalue weighted by atomic mass is 10.1. The van der Waals surface area contributed by atoms with Crippen molar-refractivity contribution < 1.29 is 9.72 Å². The minimum absolute atomic E-state index is 0.0881. The molecule has 1 aliphatic rings. The Balaban J connectivity index is 2.20. The number of non-ortho nitro benzene ring substituents is 1. The number of anilines is 1. The Kier molecular flexibility index (Phi) is 5.56. The summed E-state index contributed by atoms with van der Waals surface area (Å²) in [5.74, 6) is 0.741. The first-order valence-electron chi connectivity index (χ1n) is 7.27. The molecular weight excluding hydrogens is 292 g/mol. The molecule has 6 heteroatoms. The number of nitrogens with zero attached hydrogens (tertiary/aromatic N) is 2. The number of unbranched alkanes of at least 4 members (excludes halogenated alkanes) is 2. The van der Waals surface area contributed by atoms with Gasteiger partial charge in [0.15, 0.2) is 0 Å². The SMILES string of the molecule is O=C1CCCc2cc([N+](=O)[O-])ccc2N1CCCCCCl. The summed E-state index contributed by atoms with van der Waals surface area (Å²) < 4.78 is 0. The van der Waals surface area contributed by atoms with Crippen molar-refractivity contribution in [2.45, 2.75) is 38.5 Å². The van der Waals surface area contributed by atoms with Crippen molar-refractivity contribution in [2.24, 2.45) is 0 Å². The van der Waals surface area contributed by atoms with E-state index in [4.69, 9.17) is 11.6 Å². The first-order valence-corrected chi connectivity index (χ1v) is 7.80. The Bertz CT molecular complexity index is 534. The number of carbonyl (C=O) groups excluding carboxylic acids is 1. The number of halogens is 1. The molecule has 0 aromatic heterocycles. The lowest BCUT2D eigenvalue weighted by molar-refractivity contribution is -0.384. The molecule has 0 aliphatic carbocycles. The summed E-state index contributed by atoms with van der Waals surface area (Å²) in [6.45, 7) is 0.653. The number of amides is 1. The highest BCUT2D eigenvalue weighted by Crippen LogP contribution is 2.30. The monoisotopic (exact) mass is 310 g/mol. The van der Waals surface area contributed by atoms with E-state index in [2.05, 4.69) is 0 Å². The lowest BCUT2D eigenvalue weighted by Crippen LogP contribution is -2.31. The normalized spacial score (nSPS) is 14.7. The lowest BCUT2D eigenvalue weighted by Gasteiger charge is -2.23. The number of benzene rings is 1. The number of fused-ring (bicyclic) bond motifs is 1. The van der Waals surface area contributed by atoms with Crippen molar-refractivity contribution in [1.29, 1.82) is 0 Å². The number of rotatable bonds is 6. The molecule has 1 amide bonds. The predicted octanol–water partition coefficient (Wildman–Crippen LogP) is 3.67. The van der Waals surface area contributed by atoms with Gasteiger partial charge in [-0.05, 0) is 37.3 Å².